The standard InChI is InChI=1S/C17H29N3O4/c1-7-14(22)19(6)11-13(21)18-17(5)9-8-10-20(12-17)15(23)24-16(2,3)4/h7H,1,8-12H2,2-6H3,(H,18,21). The summed E-state index contributed by atoms with van der Waals surface area (Å²) in [5.41, 5.74) is -1.09. The van der Waals surface area contributed by atoms with Gasteiger partial charge in [-0.1, -0.05) is 6.58 Å². The molecule has 1 fully saturated rings. The molecule has 0 bridgehead atoms. The fourth-order valence-corrected chi connectivity index (χ4v) is 2.65. The number of hydrogen-bond donors (Lipinski definition) is 1. The molecule has 3 amide bonds. The molecule has 0 saturated carbocycles. The Labute approximate surface area is 144 Å². The summed E-state index contributed by atoms with van der Waals surface area (Å²) in [5.74, 6) is -0.574. The fourth-order valence-electron chi connectivity index (χ4n) is 2.65. The van der Waals surface area contributed by atoms with E-state index in [0.717, 1.165) is 12.8 Å². The van der Waals surface area contributed by atoms with E-state index >= 15 is 0 Å². The van der Waals surface area contributed by atoms with Gasteiger partial charge in [0, 0.05) is 20.1 Å². The van der Waals surface area contributed by atoms with Crippen molar-refractivity contribution in [3.63, 3.8) is 0 Å². The number of nitrogens with one attached hydrogen (secondary N) is 1. The largest absolute Gasteiger partial charge is 0.444 e. The van der Waals surface area contributed by atoms with E-state index in [2.05, 4.69) is 11.9 Å². The van der Waals surface area contributed by atoms with Crippen molar-refractivity contribution in [3.8, 4) is 0 Å². The van der Waals surface area contributed by atoms with Gasteiger partial charge in [-0.15, -0.1) is 0 Å². The van der Waals surface area contributed by atoms with Crippen LogP contribution in [0.2, 0.25) is 0 Å². The smallest absolute Gasteiger partial charge is 0.410 e. The molecular weight excluding hydrogens is 310 g/mol. The molecule has 0 aromatic rings. The second-order valence-electron chi connectivity index (χ2n) is 7.51. The van der Waals surface area contributed by atoms with Crippen LogP contribution in [0.3, 0.4) is 0 Å². The highest BCUT2D eigenvalue weighted by Crippen LogP contribution is 2.22. The molecule has 1 rings (SSSR count). The molecule has 7 heteroatoms. The summed E-state index contributed by atoms with van der Waals surface area (Å²) in [7, 11) is 1.54. The second-order valence-corrected chi connectivity index (χ2v) is 7.51. The Hall–Kier alpha value is -2.05. The summed E-state index contributed by atoms with van der Waals surface area (Å²) in [6, 6.07) is 0. The zero-order valence-corrected chi connectivity index (χ0v) is 15.3. The first-order valence-corrected chi connectivity index (χ1v) is 8.12. The highest BCUT2D eigenvalue weighted by atomic mass is 16.6. The molecule has 7 nitrogen and oxygen atoms in total. The first-order valence-electron chi connectivity index (χ1n) is 8.12. The van der Waals surface area contributed by atoms with Gasteiger partial charge in [-0.3, -0.25) is 9.59 Å². The Morgan fingerprint density at radius 3 is 2.54 bits per heavy atom. The number of nitrogens with zero attached hydrogens (tertiary/aromatic N) is 2. The zero-order chi connectivity index (χ0) is 18.5. The molecule has 0 spiro atoms. The lowest BCUT2D eigenvalue weighted by molar-refractivity contribution is -0.132. The van der Waals surface area contributed by atoms with Crippen LogP contribution in [0, 0.1) is 0 Å². The van der Waals surface area contributed by atoms with Gasteiger partial charge in [-0.05, 0) is 46.6 Å². The summed E-state index contributed by atoms with van der Waals surface area (Å²) in [4.78, 5) is 38.8. The van der Waals surface area contributed by atoms with Crippen molar-refractivity contribution in [2.24, 2.45) is 0 Å². The molecule has 24 heavy (non-hydrogen) atoms. The number of piperidine rings is 1. The van der Waals surface area contributed by atoms with Crippen molar-refractivity contribution >= 4 is 17.9 Å². The molecular formula is C17H29N3O4. The average Bonchev–Trinajstić information content (AvgIpc) is 2.43. The van der Waals surface area contributed by atoms with Crippen LogP contribution >= 0.6 is 0 Å². The number of carbonyl (C=O) groups is 3. The normalized spacial score (nSPS) is 21.0. The predicted molar refractivity (Wildman–Crippen MR) is 91.4 cm³/mol. The van der Waals surface area contributed by atoms with E-state index in [1.165, 1.54) is 11.0 Å². The van der Waals surface area contributed by atoms with Gasteiger partial charge in [0.1, 0.15) is 5.60 Å². The topological polar surface area (TPSA) is 79.0 Å². The monoisotopic (exact) mass is 339 g/mol. The Morgan fingerprint density at radius 2 is 2.00 bits per heavy atom. The van der Waals surface area contributed by atoms with Crippen molar-refractivity contribution in [2.45, 2.75) is 51.7 Å². The molecule has 0 aliphatic carbocycles. The molecule has 1 unspecified atom stereocenters. The van der Waals surface area contributed by atoms with Crippen LogP contribution in [0.25, 0.3) is 0 Å². The van der Waals surface area contributed by atoms with E-state index in [-0.39, 0.29) is 24.5 Å². The van der Waals surface area contributed by atoms with Gasteiger partial charge in [0.2, 0.25) is 11.8 Å². The summed E-state index contributed by atoms with van der Waals surface area (Å²) < 4.78 is 5.40. The van der Waals surface area contributed by atoms with Gasteiger partial charge in [-0.2, -0.15) is 0 Å². The van der Waals surface area contributed by atoms with E-state index in [1.807, 2.05) is 27.7 Å². The number of ether oxygens (including phenoxy) is 1. The lowest BCUT2D eigenvalue weighted by atomic mass is 9.91. The summed E-state index contributed by atoms with van der Waals surface area (Å²) >= 11 is 0. The Balaban J connectivity index is 2.63. The number of likely N-dealkylation sites (tertiary alicyclic amines) is 1. The van der Waals surface area contributed by atoms with Crippen LogP contribution in [0.5, 0.6) is 0 Å². The van der Waals surface area contributed by atoms with E-state index < -0.39 is 11.1 Å². The molecule has 0 aromatic carbocycles. The van der Waals surface area contributed by atoms with Crippen LogP contribution < -0.4 is 5.32 Å². The van der Waals surface area contributed by atoms with E-state index in [4.69, 9.17) is 4.74 Å². The maximum absolute atomic E-state index is 12.2. The molecule has 1 aliphatic heterocycles. The Kier molecular flexibility index (Phi) is 6.40. The molecule has 1 saturated heterocycles. The van der Waals surface area contributed by atoms with Crippen LogP contribution in [0.15, 0.2) is 12.7 Å². The maximum atomic E-state index is 12.2. The lowest BCUT2D eigenvalue weighted by Gasteiger charge is -2.41. The van der Waals surface area contributed by atoms with Gasteiger partial charge in [0.25, 0.3) is 0 Å². The minimum atomic E-state index is -0.554. The van der Waals surface area contributed by atoms with Crippen molar-refractivity contribution in [1.29, 1.82) is 0 Å². The first-order chi connectivity index (χ1) is 11.0. The number of hydrogen-bond acceptors (Lipinski definition) is 4. The van der Waals surface area contributed by atoms with Gasteiger partial charge in [0.05, 0.1) is 12.1 Å². The van der Waals surface area contributed by atoms with Crippen molar-refractivity contribution < 1.29 is 19.1 Å². The molecule has 1 heterocycles. The van der Waals surface area contributed by atoms with E-state index in [1.54, 1.807) is 11.9 Å². The first kappa shape index (κ1) is 20.0. The third-order valence-corrected chi connectivity index (χ3v) is 3.72. The quantitative estimate of drug-likeness (QED) is 0.788. The van der Waals surface area contributed by atoms with Crippen molar-refractivity contribution in [3.05, 3.63) is 12.7 Å². The van der Waals surface area contributed by atoms with Gasteiger partial charge in [-0.25, -0.2) is 4.79 Å². The number of amides is 3. The Morgan fingerprint density at radius 1 is 1.38 bits per heavy atom. The number of rotatable bonds is 4. The fraction of sp³-hybridized carbons (Fsp3) is 0.706. The van der Waals surface area contributed by atoms with Crippen LogP contribution in [-0.2, 0) is 14.3 Å². The average molecular weight is 339 g/mol. The molecule has 1 N–H and O–H groups in total. The minimum Gasteiger partial charge on any atom is -0.444 e. The van der Waals surface area contributed by atoms with Crippen molar-refractivity contribution in [2.75, 3.05) is 26.7 Å². The molecule has 136 valence electrons. The highest BCUT2D eigenvalue weighted by Gasteiger charge is 2.36. The Bertz CT molecular complexity index is 512. The van der Waals surface area contributed by atoms with Crippen LogP contribution in [0.4, 0.5) is 4.79 Å². The summed E-state index contributed by atoms with van der Waals surface area (Å²) in [5, 5.41) is 2.94. The highest BCUT2D eigenvalue weighted by molar-refractivity contribution is 5.90. The van der Waals surface area contributed by atoms with Crippen LogP contribution in [0.1, 0.15) is 40.5 Å². The SMILES string of the molecule is C=CC(=O)N(C)CC(=O)NC1(C)CCCN(C(=O)OC(C)(C)C)C1. The van der Waals surface area contributed by atoms with Gasteiger partial charge >= 0.3 is 6.09 Å². The lowest BCUT2D eigenvalue weighted by Crippen LogP contribution is -2.59. The second kappa shape index (κ2) is 7.68. The van der Waals surface area contributed by atoms with Gasteiger partial charge in [0.15, 0.2) is 0 Å². The predicted octanol–water partition coefficient (Wildman–Crippen LogP) is 1.54. The molecule has 1 atom stereocenters. The van der Waals surface area contributed by atoms with E-state index in [0.29, 0.717) is 13.1 Å². The molecule has 1 aliphatic rings. The molecule has 0 radical (unpaired) electrons. The van der Waals surface area contributed by atoms with Crippen molar-refractivity contribution in [1.82, 2.24) is 15.1 Å². The zero-order valence-electron chi connectivity index (χ0n) is 15.3. The minimum absolute atomic E-state index is 0.0487. The third-order valence-electron chi connectivity index (χ3n) is 3.72. The summed E-state index contributed by atoms with van der Waals surface area (Å²) in [6.07, 6.45) is 2.33. The third kappa shape index (κ3) is 6.22. The van der Waals surface area contributed by atoms with E-state index in [9.17, 15) is 14.4 Å². The van der Waals surface area contributed by atoms with Crippen LogP contribution in [-0.4, -0.2) is 65.5 Å². The summed E-state index contributed by atoms with van der Waals surface area (Å²) in [6.45, 7) is 11.7. The number of likely N-dealkylation sites (N-methyl/N-ethyl adjacent to an activating group) is 1. The maximum Gasteiger partial charge on any atom is 0.410 e. The van der Waals surface area contributed by atoms with Gasteiger partial charge < -0.3 is 19.9 Å². The molecule has 0 aromatic heterocycles. The number of carbonyl (C=O) groups excluding carboxylic acids is 3.